The molecule has 4 rings (SSSR count). The van der Waals surface area contributed by atoms with Gasteiger partial charge in [0.25, 0.3) is 0 Å². The number of allylic oxidation sites excluding steroid dienone is 1. The summed E-state index contributed by atoms with van der Waals surface area (Å²) in [7, 11) is 4.54. The van der Waals surface area contributed by atoms with Gasteiger partial charge in [0, 0.05) is 50.6 Å². The Hall–Kier alpha value is -3.56. The molecule has 10 heteroatoms. The van der Waals surface area contributed by atoms with Crippen LogP contribution < -0.4 is 14.8 Å². The predicted octanol–water partition coefficient (Wildman–Crippen LogP) is 3.48. The van der Waals surface area contributed by atoms with Crippen LogP contribution in [0.3, 0.4) is 0 Å². The molecule has 230 valence electrons. The number of benzene rings is 1. The van der Waals surface area contributed by atoms with Gasteiger partial charge < -0.3 is 29.3 Å². The van der Waals surface area contributed by atoms with Crippen LogP contribution >= 0.6 is 0 Å². The van der Waals surface area contributed by atoms with E-state index in [1.807, 2.05) is 29.2 Å². The minimum absolute atomic E-state index is 0.0131. The average molecular weight is 584 g/mol. The van der Waals surface area contributed by atoms with Gasteiger partial charge in [-0.3, -0.25) is 19.2 Å². The molecule has 42 heavy (non-hydrogen) atoms. The SMILES string of the molecule is COC(=O)[C@@]12C[C@@H](CC(=O)NCCCN3CCCC3=O)C(=O)N(CCc3ccc(OC)c(OC)c3)C1=CCC(C)(C)C2. The lowest BCUT2D eigenvalue weighted by atomic mass is 9.59. The van der Waals surface area contributed by atoms with Gasteiger partial charge >= 0.3 is 5.97 Å². The summed E-state index contributed by atoms with van der Waals surface area (Å²) >= 11 is 0. The lowest BCUT2D eigenvalue weighted by molar-refractivity contribution is -0.162. The fourth-order valence-corrected chi connectivity index (χ4v) is 6.80. The lowest BCUT2D eigenvalue weighted by Gasteiger charge is -2.51. The highest BCUT2D eigenvalue weighted by atomic mass is 16.5. The number of ether oxygens (including phenoxy) is 3. The summed E-state index contributed by atoms with van der Waals surface area (Å²) in [4.78, 5) is 55.9. The number of carbonyl (C=O) groups excluding carboxylic acids is 4. The highest BCUT2D eigenvalue weighted by Gasteiger charge is 2.57. The first kappa shape index (κ1) is 31.4. The molecule has 0 saturated carbocycles. The maximum Gasteiger partial charge on any atom is 0.317 e. The first-order chi connectivity index (χ1) is 20.0. The molecular formula is C32H45N3O7. The minimum atomic E-state index is -1.01. The second-order valence-corrected chi connectivity index (χ2v) is 12.4. The van der Waals surface area contributed by atoms with Crippen molar-refractivity contribution in [3.63, 3.8) is 0 Å². The number of carbonyl (C=O) groups is 4. The summed E-state index contributed by atoms with van der Waals surface area (Å²) in [6.45, 7) is 6.38. The van der Waals surface area contributed by atoms with E-state index in [1.54, 1.807) is 19.1 Å². The Morgan fingerprint density at radius 1 is 1.07 bits per heavy atom. The van der Waals surface area contributed by atoms with Crippen molar-refractivity contribution in [3.8, 4) is 11.5 Å². The fourth-order valence-electron chi connectivity index (χ4n) is 6.80. The van der Waals surface area contributed by atoms with E-state index >= 15 is 0 Å². The van der Waals surface area contributed by atoms with Gasteiger partial charge in [-0.25, -0.2) is 0 Å². The summed E-state index contributed by atoms with van der Waals surface area (Å²) < 4.78 is 16.2. The van der Waals surface area contributed by atoms with E-state index in [2.05, 4.69) is 19.2 Å². The number of methoxy groups -OCH3 is 3. The van der Waals surface area contributed by atoms with Crippen molar-refractivity contribution < 1.29 is 33.4 Å². The van der Waals surface area contributed by atoms with Crippen LogP contribution in [0.4, 0.5) is 0 Å². The topological polar surface area (TPSA) is 114 Å². The Balaban J connectivity index is 1.52. The molecule has 0 spiro atoms. The molecule has 2 aliphatic heterocycles. The van der Waals surface area contributed by atoms with Crippen molar-refractivity contribution in [2.75, 3.05) is 47.5 Å². The van der Waals surface area contributed by atoms with Crippen LogP contribution in [-0.4, -0.2) is 81.0 Å². The Morgan fingerprint density at radius 3 is 2.50 bits per heavy atom. The Bertz CT molecular complexity index is 1230. The van der Waals surface area contributed by atoms with Gasteiger partial charge in [0.05, 0.1) is 21.3 Å². The zero-order valence-electron chi connectivity index (χ0n) is 25.6. The molecule has 0 unspecified atom stereocenters. The first-order valence-corrected chi connectivity index (χ1v) is 14.9. The highest BCUT2D eigenvalue weighted by molar-refractivity contribution is 5.92. The number of rotatable bonds is 12. The largest absolute Gasteiger partial charge is 0.493 e. The summed E-state index contributed by atoms with van der Waals surface area (Å²) in [6, 6.07) is 5.66. The third-order valence-corrected chi connectivity index (χ3v) is 8.80. The average Bonchev–Trinajstić information content (AvgIpc) is 3.38. The number of hydrogen-bond donors (Lipinski definition) is 1. The van der Waals surface area contributed by atoms with E-state index in [1.165, 1.54) is 7.11 Å². The molecule has 2 atom stereocenters. The van der Waals surface area contributed by atoms with Crippen LogP contribution in [-0.2, 0) is 30.3 Å². The van der Waals surface area contributed by atoms with Gasteiger partial charge in [-0.2, -0.15) is 0 Å². The van der Waals surface area contributed by atoms with E-state index in [9.17, 15) is 19.2 Å². The number of esters is 1. The van der Waals surface area contributed by atoms with E-state index in [-0.39, 0.29) is 41.9 Å². The number of piperidine rings is 1. The van der Waals surface area contributed by atoms with Crippen LogP contribution in [0, 0.1) is 16.7 Å². The molecule has 2 saturated heterocycles. The van der Waals surface area contributed by atoms with Gasteiger partial charge in [0.1, 0.15) is 5.41 Å². The number of fused-ring (bicyclic) bond motifs is 1. The second-order valence-electron chi connectivity index (χ2n) is 12.4. The molecule has 1 aromatic rings. The van der Waals surface area contributed by atoms with Crippen molar-refractivity contribution in [1.29, 1.82) is 0 Å². The molecule has 3 amide bonds. The van der Waals surface area contributed by atoms with E-state index in [0.717, 1.165) is 24.9 Å². The third kappa shape index (κ3) is 6.73. The maximum absolute atomic E-state index is 14.0. The standard InChI is InChI=1S/C32H45N3O7/c1-31(2)13-11-26-32(21-31,30(39)42-5)20-23(19-27(36)33-14-7-16-34-15-6-8-28(34)37)29(38)35(26)17-12-22-9-10-24(40-3)25(18-22)41-4/h9-11,18,23H,6-8,12-17,19-21H2,1-5H3,(H,33,36)/t23-,32-/m1/s1. The van der Waals surface area contributed by atoms with Crippen LogP contribution in [0.2, 0.25) is 0 Å². The number of likely N-dealkylation sites (tertiary alicyclic amines) is 2. The lowest BCUT2D eigenvalue weighted by Crippen LogP contribution is -2.56. The third-order valence-electron chi connectivity index (χ3n) is 8.80. The van der Waals surface area contributed by atoms with Crippen LogP contribution in [0.15, 0.2) is 30.0 Å². The molecule has 10 nitrogen and oxygen atoms in total. The van der Waals surface area contributed by atoms with Crippen molar-refractivity contribution in [3.05, 3.63) is 35.5 Å². The van der Waals surface area contributed by atoms with Crippen LogP contribution in [0.1, 0.15) is 64.4 Å². The van der Waals surface area contributed by atoms with Gasteiger partial charge in [-0.05, 0) is 61.6 Å². The Morgan fingerprint density at radius 2 is 1.83 bits per heavy atom. The summed E-state index contributed by atoms with van der Waals surface area (Å²) in [5.74, 6) is -0.0371. The maximum atomic E-state index is 14.0. The van der Waals surface area contributed by atoms with Gasteiger partial charge in [0.2, 0.25) is 17.7 Å². The van der Waals surface area contributed by atoms with Crippen LogP contribution in [0.25, 0.3) is 0 Å². The quantitative estimate of drug-likeness (QED) is 0.296. The summed E-state index contributed by atoms with van der Waals surface area (Å²) in [5.41, 5.74) is 0.457. The smallest absolute Gasteiger partial charge is 0.317 e. The van der Waals surface area contributed by atoms with E-state index in [4.69, 9.17) is 14.2 Å². The van der Waals surface area contributed by atoms with Gasteiger partial charge in [-0.1, -0.05) is 26.0 Å². The summed E-state index contributed by atoms with van der Waals surface area (Å²) in [5, 5.41) is 2.93. The number of nitrogens with zero attached hydrogens (tertiary/aromatic N) is 2. The van der Waals surface area contributed by atoms with Gasteiger partial charge in [-0.15, -0.1) is 0 Å². The van der Waals surface area contributed by atoms with Crippen molar-refractivity contribution in [2.45, 2.75) is 65.2 Å². The Labute approximate surface area is 248 Å². The molecule has 1 aromatic carbocycles. The number of nitrogens with one attached hydrogen (secondary N) is 1. The first-order valence-electron chi connectivity index (χ1n) is 14.9. The van der Waals surface area contributed by atoms with Crippen molar-refractivity contribution in [1.82, 2.24) is 15.1 Å². The van der Waals surface area contributed by atoms with E-state index < -0.39 is 11.3 Å². The molecule has 0 aromatic heterocycles. The monoisotopic (exact) mass is 583 g/mol. The molecule has 1 N–H and O–H groups in total. The van der Waals surface area contributed by atoms with Crippen molar-refractivity contribution in [2.24, 2.45) is 16.7 Å². The minimum Gasteiger partial charge on any atom is -0.493 e. The highest BCUT2D eigenvalue weighted by Crippen LogP contribution is 2.54. The molecule has 2 fully saturated rings. The number of hydrogen-bond acceptors (Lipinski definition) is 7. The molecule has 0 bridgehead atoms. The van der Waals surface area contributed by atoms with Crippen LogP contribution in [0.5, 0.6) is 11.5 Å². The second kappa shape index (κ2) is 13.2. The molecule has 0 radical (unpaired) electrons. The fraction of sp³-hybridized carbons (Fsp3) is 0.625. The zero-order valence-corrected chi connectivity index (χ0v) is 25.6. The number of amides is 3. The Kier molecular flexibility index (Phi) is 9.84. The van der Waals surface area contributed by atoms with Gasteiger partial charge in [0.15, 0.2) is 11.5 Å². The molecular weight excluding hydrogens is 538 g/mol. The van der Waals surface area contributed by atoms with Crippen molar-refractivity contribution >= 4 is 23.7 Å². The van der Waals surface area contributed by atoms with E-state index in [0.29, 0.717) is 62.5 Å². The summed E-state index contributed by atoms with van der Waals surface area (Å²) in [6.07, 6.45) is 6.14. The normalized spacial score (nSPS) is 23.3. The molecule has 2 heterocycles. The molecule has 3 aliphatic rings. The zero-order chi connectivity index (χ0) is 30.5. The predicted molar refractivity (Wildman–Crippen MR) is 157 cm³/mol. The molecule has 1 aliphatic carbocycles.